The van der Waals surface area contributed by atoms with E-state index in [4.69, 9.17) is 9.47 Å². The molecule has 110 valence electrons. The smallest absolute Gasteiger partial charge is 0.319 e. The number of rotatable bonds is 7. The summed E-state index contributed by atoms with van der Waals surface area (Å²) in [5.41, 5.74) is -0.224. The molecule has 4 nitrogen and oxygen atoms in total. The minimum absolute atomic E-state index is 0.118. The van der Waals surface area contributed by atoms with Gasteiger partial charge in [-0.2, -0.15) is 0 Å². The van der Waals surface area contributed by atoms with Gasteiger partial charge in [0.25, 0.3) is 0 Å². The molecular weight excluding hydrogens is 324 g/mol. The van der Waals surface area contributed by atoms with Crippen molar-refractivity contribution >= 4 is 27.7 Å². The van der Waals surface area contributed by atoms with E-state index in [9.17, 15) is 9.59 Å². The predicted octanol–water partition coefficient (Wildman–Crippen LogP) is 3.12. The van der Waals surface area contributed by atoms with Crippen LogP contribution < -0.4 is 0 Å². The van der Waals surface area contributed by atoms with Crippen LogP contribution in [0.25, 0.3) is 0 Å². The topological polar surface area (TPSA) is 52.6 Å². The lowest BCUT2D eigenvalue weighted by molar-refractivity contribution is -0.159. The number of hydrogen-bond donors (Lipinski definition) is 0. The summed E-state index contributed by atoms with van der Waals surface area (Å²) < 4.78 is 11.2. The Morgan fingerprint density at radius 1 is 1.25 bits per heavy atom. The summed E-state index contributed by atoms with van der Waals surface area (Å²) in [4.78, 5) is 23.7. The van der Waals surface area contributed by atoms with Gasteiger partial charge in [-0.1, -0.05) is 34.1 Å². The van der Waals surface area contributed by atoms with E-state index in [2.05, 4.69) is 15.9 Å². The first-order valence-corrected chi connectivity index (χ1v) is 7.20. The molecule has 0 unspecified atom stereocenters. The van der Waals surface area contributed by atoms with E-state index in [1.807, 2.05) is 24.3 Å². The first kappa shape index (κ1) is 16.9. The summed E-state index contributed by atoms with van der Waals surface area (Å²) in [5, 5.41) is 0. The van der Waals surface area contributed by atoms with Crippen molar-refractivity contribution in [2.75, 3.05) is 13.2 Å². The summed E-state index contributed by atoms with van der Waals surface area (Å²) >= 11 is 3.41. The molecule has 0 fully saturated rings. The molecule has 0 heterocycles. The van der Waals surface area contributed by atoms with E-state index in [-0.39, 0.29) is 19.0 Å². The zero-order valence-corrected chi connectivity index (χ0v) is 13.5. The highest BCUT2D eigenvalue weighted by atomic mass is 79.9. The van der Waals surface area contributed by atoms with Crippen molar-refractivity contribution in [2.24, 2.45) is 5.41 Å². The van der Waals surface area contributed by atoms with Gasteiger partial charge in [-0.15, -0.1) is 0 Å². The van der Waals surface area contributed by atoms with E-state index in [0.717, 1.165) is 10.0 Å². The fourth-order valence-corrected chi connectivity index (χ4v) is 1.87. The quantitative estimate of drug-likeness (QED) is 0.564. The summed E-state index contributed by atoms with van der Waals surface area (Å²) in [6.07, 6.45) is 0. The van der Waals surface area contributed by atoms with Crippen molar-refractivity contribution in [1.82, 2.24) is 0 Å². The van der Waals surface area contributed by atoms with Gasteiger partial charge in [0.1, 0.15) is 12.0 Å². The largest absolute Gasteiger partial charge is 0.465 e. The highest BCUT2D eigenvalue weighted by molar-refractivity contribution is 9.10. The molecule has 0 aliphatic rings. The molecule has 20 heavy (non-hydrogen) atoms. The molecule has 0 aliphatic carbocycles. The van der Waals surface area contributed by atoms with Gasteiger partial charge in [-0.3, -0.25) is 9.59 Å². The van der Waals surface area contributed by atoms with Gasteiger partial charge < -0.3 is 9.47 Å². The van der Waals surface area contributed by atoms with Gasteiger partial charge >= 0.3 is 5.97 Å². The van der Waals surface area contributed by atoms with E-state index in [0.29, 0.717) is 6.61 Å². The van der Waals surface area contributed by atoms with Gasteiger partial charge in [0.05, 0.1) is 13.2 Å². The Morgan fingerprint density at radius 2 is 1.90 bits per heavy atom. The SMILES string of the molecule is CCOC(=O)C(C)(C)C(=O)COCc1ccccc1Br. The Labute approximate surface area is 127 Å². The molecular formula is C15H19BrO4. The molecule has 0 saturated heterocycles. The van der Waals surface area contributed by atoms with Crippen LogP contribution in [0.5, 0.6) is 0 Å². The number of esters is 1. The maximum atomic E-state index is 12.0. The third kappa shape index (κ3) is 4.42. The van der Waals surface area contributed by atoms with Crippen LogP contribution in [0, 0.1) is 5.41 Å². The number of hydrogen-bond acceptors (Lipinski definition) is 4. The first-order chi connectivity index (χ1) is 9.39. The summed E-state index contributed by atoms with van der Waals surface area (Å²) in [5.74, 6) is -0.808. The number of ketones is 1. The molecule has 5 heteroatoms. The van der Waals surface area contributed by atoms with Gasteiger partial charge in [0.2, 0.25) is 0 Å². The van der Waals surface area contributed by atoms with Crippen LogP contribution in [0.2, 0.25) is 0 Å². The minimum atomic E-state index is -1.18. The Hall–Kier alpha value is -1.20. The van der Waals surface area contributed by atoms with Crippen molar-refractivity contribution < 1.29 is 19.1 Å². The second kappa shape index (κ2) is 7.55. The number of Topliss-reactive ketones (excluding diaryl/α,β-unsaturated/α-hetero) is 1. The average molecular weight is 343 g/mol. The maximum absolute atomic E-state index is 12.0. The van der Waals surface area contributed by atoms with Crippen molar-refractivity contribution in [2.45, 2.75) is 27.4 Å². The van der Waals surface area contributed by atoms with Gasteiger partial charge in [0, 0.05) is 4.47 Å². The van der Waals surface area contributed by atoms with Crippen LogP contribution in [0.4, 0.5) is 0 Å². The molecule has 0 saturated carbocycles. The normalized spacial score (nSPS) is 11.2. The van der Waals surface area contributed by atoms with Gasteiger partial charge in [0.15, 0.2) is 5.78 Å². The lowest BCUT2D eigenvalue weighted by atomic mass is 9.88. The Morgan fingerprint density at radius 3 is 2.50 bits per heavy atom. The summed E-state index contributed by atoms with van der Waals surface area (Å²) in [6.45, 7) is 5.26. The van der Waals surface area contributed by atoms with E-state index >= 15 is 0 Å². The predicted molar refractivity (Wildman–Crippen MR) is 79.2 cm³/mol. The maximum Gasteiger partial charge on any atom is 0.319 e. The zero-order valence-electron chi connectivity index (χ0n) is 11.9. The minimum Gasteiger partial charge on any atom is -0.465 e. The molecule has 0 bridgehead atoms. The second-order valence-corrected chi connectivity index (χ2v) is 5.71. The highest BCUT2D eigenvalue weighted by Crippen LogP contribution is 2.20. The third-order valence-electron chi connectivity index (χ3n) is 2.93. The number of carbonyl (C=O) groups is 2. The number of carbonyl (C=O) groups excluding carboxylic acids is 2. The van der Waals surface area contributed by atoms with Crippen LogP contribution in [0.15, 0.2) is 28.7 Å². The standard InChI is InChI=1S/C15H19BrO4/c1-4-20-14(18)15(2,3)13(17)10-19-9-11-7-5-6-8-12(11)16/h5-8H,4,9-10H2,1-3H3. The Kier molecular flexibility index (Phi) is 6.36. The van der Waals surface area contributed by atoms with E-state index in [1.54, 1.807) is 20.8 Å². The van der Waals surface area contributed by atoms with Crippen LogP contribution in [0.3, 0.4) is 0 Å². The lowest BCUT2D eigenvalue weighted by Crippen LogP contribution is -2.37. The molecule has 0 N–H and O–H groups in total. The first-order valence-electron chi connectivity index (χ1n) is 6.41. The number of halogens is 1. The van der Waals surface area contributed by atoms with Gasteiger partial charge in [-0.25, -0.2) is 0 Å². The van der Waals surface area contributed by atoms with E-state index < -0.39 is 11.4 Å². The second-order valence-electron chi connectivity index (χ2n) is 4.85. The Bertz CT molecular complexity index is 483. The van der Waals surface area contributed by atoms with Crippen molar-refractivity contribution in [1.29, 1.82) is 0 Å². The average Bonchev–Trinajstić information content (AvgIpc) is 2.41. The molecule has 0 aromatic heterocycles. The molecule has 0 radical (unpaired) electrons. The van der Waals surface area contributed by atoms with Crippen molar-refractivity contribution in [3.05, 3.63) is 34.3 Å². The third-order valence-corrected chi connectivity index (χ3v) is 3.71. The van der Waals surface area contributed by atoms with Crippen molar-refractivity contribution in [3.63, 3.8) is 0 Å². The summed E-state index contributed by atoms with van der Waals surface area (Å²) in [7, 11) is 0. The highest BCUT2D eigenvalue weighted by Gasteiger charge is 2.37. The Balaban J connectivity index is 2.51. The van der Waals surface area contributed by atoms with Crippen molar-refractivity contribution in [3.8, 4) is 0 Å². The van der Waals surface area contributed by atoms with Crippen LogP contribution in [-0.2, 0) is 25.7 Å². The van der Waals surface area contributed by atoms with Gasteiger partial charge in [-0.05, 0) is 32.4 Å². The van der Waals surface area contributed by atoms with Crippen LogP contribution >= 0.6 is 15.9 Å². The molecule has 0 aliphatic heterocycles. The summed E-state index contributed by atoms with van der Waals surface area (Å²) in [6, 6.07) is 7.62. The molecule has 0 atom stereocenters. The molecule has 0 amide bonds. The molecule has 0 spiro atoms. The molecule has 1 aromatic carbocycles. The zero-order chi connectivity index (χ0) is 15.2. The van der Waals surface area contributed by atoms with Crippen LogP contribution in [0.1, 0.15) is 26.3 Å². The van der Waals surface area contributed by atoms with E-state index in [1.165, 1.54) is 0 Å². The number of ether oxygens (including phenoxy) is 2. The van der Waals surface area contributed by atoms with Crippen LogP contribution in [-0.4, -0.2) is 25.0 Å². The molecule has 1 aromatic rings. The number of benzene rings is 1. The fourth-order valence-electron chi connectivity index (χ4n) is 1.47. The monoisotopic (exact) mass is 342 g/mol. The lowest BCUT2D eigenvalue weighted by Gasteiger charge is -2.20. The molecule has 1 rings (SSSR count). The fraction of sp³-hybridized carbons (Fsp3) is 0.467.